The lowest BCUT2D eigenvalue weighted by Gasteiger charge is -2.26. The number of thiophene rings is 1. The number of nitrogens with zero attached hydrogens (tertiary/aromatic N) is 2. The zero-order valence-corrected chi connectivity index (χ0v) is 18.8. The first-order valence-corrected chi connectivity index (χ1v) is 12.4. The molecule has 1 fully saturated rings. The van der Waals surface area contributed by atoms with Gasteiger partial charge in [0.05, 0.1) is 29.2 Å². The zero-order chi connectivity index (χ0) is 22.7. The maximum absolute atomic E-state index is 12.6. The van der Waals surface area contributed by atoms with E-state index in [1.165, 1.54) is 39.9 Å². The van der Waals surface area contributed by atoms with Crippen LogP contribution in [0, 0.1) is 11.3 Å². The number of carbonyl (C=O) groups is 2. The summed E-state index contributed by atoms with van der Waals surface area (Å²) in [5.74, 6) is -1.29. The molecule has 2 aromatic rings. The van der Waals surface area contributed by atoms with Gasteiger partial charge < -0.3 is 14.8 Å². The first-order chi connectivity index (χ1) is 15.4. The number of nitrogens with one attached hydrogen (secondary N) is 1. The Labute approximate surface area is 189 Å². The van der Waals surface area contributed by atoms with Gasteiger partial charge in [0.2, 0.25) is 10.0 Å². The van der Waals surface area contributed by atoms with Gasteiger partial charge in [0, 0.05) is 18.0 Å². The van der Waals surface area contributed by atoms with Crippen molar-refractivity contribution < 1.29 is 27.5 Å². The molecule has 1 aliphatic carbocycles. The summed E-state index contributed by atoms with van der Waals surface area (Å²) < 4.78 is 36.8. The average Bonchev–Trinajstić information content (AvgIpc) is 3.39. The van der Waals surface area contributed by atoms with E-state index in [1.54, 1.807) is 0 Å². The third kappa shape index (κ3) is 4.54. The highest BCUT2D eigenvalue weighted by Gasteiger charge is 2.27. The molecule has 1 N–H and O–H groups in total. The Morgan fingerprint density at radius 1 is 1.19 bits per heavy atom. The number of esters is 1. The molecule has 0 radical (unpaired) electrons. The Morgan fingerprint density at radius 3 is 2.59 bits per heavy atom. The van der Waals surface area contributed by atoms with Crippen LogP contribution in [0.15, 0.2) is 29.2 Å². The van der Waals surface area contributed by atoms with Crippen LogP contribution in [0.25, 0.3) is 0 Å². The molecule has 11 heteroatoms. The predicted molar refractivity (Wildman–Crippen MR) is 116 cm³/mol. The zero-order valence-electron chi connectivity index (χ0n) is 17.1. The number of aryl methyl sites for hydroxylation is 1. The van der Waals surface area contributed by atoms with Crippen molar-refractivity contribution in [1.29, 1.82) is 5.26 Å². The van der Waals surface area contributed by atoms with Gasteiger partial charge in [-0.1, -0.05) is 0 Å². The number of sulfonamides is 1. The van der Waals surface area contributed by atoms with E-state index in [0.29, 0.717) is 23.8 Å². The highest BCUT2D eigenvalue weighted by atomic mass is 32.2. The number of fused-ring (bicyclic) bond motifs is 1. The molecular formula is C21H21N3O6S2. The number of rotatable bonds is 6. The summed E-state index contributed by atoms with van der Waals surface area (Å²) in [5, 5.41) is 12.5. The van der Waals surface area contributed by atoms with Gasteiger partial charge in [-0.3, -0.25) is 4.79 Å². The van der Waals surface area contributed by atoms with E-state index in [1.807, 2.05) is 0 Å². The molecule has 0 unspecified atom stereocenters. The molecule has 0 atom stereocenters. The van der Waals surface area contributed by atoms with E-state index in [-0.39, 0.29) is 23.5 Å². The van der Waals surface area contributed by atoms with E-state index in [0.717, 1.165) is 29.7 Å². The molecule has 1 saturated heterocycles. The molecule has 2 aliphatic rings. The molecule has 1 amide bonds. The second-order valence-electron chi connectivity index (χ2n) is 7.34. The van der Waals surface area contributed by atoms with E-state index in [9.17, 15) is 23.3 Å². The number of benzene rings is 1. The summed E-state index contributed by atoms with van der Waals surface area (Å²) >= 11 is 1.38. The standard InChI is InChI=1S/C21H21N3O6S2/c22-12-17-16-2-1-3-18(16)31-20(17)23-19(25)13-30-21(26)14-4-6-15(7-5-14)32(27,28)24-8-10-29-11-9-24/h4-7H,1-3,8-11,13H2,(H,23,25). The summed E-state index contributed by atoms with van der Waals surface area (Å²) in [6.45, 7) is 0.732. The van der Waals surface area contributed by atoms with Gasteiger partial charge in [0.25, 0.3) is 5.91 Å². The number of anilines is 1. The number of nitriles is 1. The number of ether oxygens (including phenoxy) is 2. The lowest BCUT2D eigenvalue weighted by Crippen LogP contribution is -2.40. The van der Waals surface area contributed by atoms with E-state index < -0.39 is 28.5 Å². The Balaban J connectivity index is 1.34. The Kier molecular flexibility index (Phi) is 6.57. The van der Waals surface area contributed by atoms with Crippen LogP contribution in [0.2, 0.25) is 0 Å². The fraction of sp³-hybridized carbons (Fsp3) is 0.381. The van der Waals surface area contributed by atoms with Crippen LogP contribution in [0.1, 0.15) is 32.8 Å². The molecule has 2 heterocycles. The van der Waals surface area contributed by atoms with Gasteiger partial charge >= 0.3 is 5.97 Å². The fourth-order valence-electron chi connectivity index (χ4n) is 3.69. The van der Waals surface area contributed by atoms with Gasteiger partial charge in [0.15, 0.2) is 6.61 Å². The Hall–Kier alpha value is -2.78. The molecule has 0 spiro atoms. The van der Waals surface area contributed by atoms with E-state index in [2.05, 4.69) is 11.4 Å². The third-order valence-corrected chi connectivity index (χ3v) is 8.44. The van der Waals surface area contributed by atoms with Crippen LogP contribution in [0.3, 0.4) is 0 Å². The van der Waals surface area contributed by atoms with Crippen LogP contribution in [0.5, 0.6) is 0 Å². The number of hydrogen-bond donors (Lipinski definition) is 1. The molecule has 0 bridgehead atoms. The minimum atomic E-state index is -3.66. The number of amides is 1. The number of morpholine rings is 1. The molecule has 1 aliphatic heterocycles. The van der Waals surface area contributed by atoms with Crippen molar-refractivity contribution >= 4 is 38.2 Å². The van der Waals surface area contributed by atoms with Crippen molar-refractivity contribution in [3.05, 3.63) is 45.8 Å². The quantitative estimate of drug-likeness (QED) is 0.633. The largest absolute Gasteiger partial charge is 0.452 e. The maximum Gasteiger partial charge on any atom is 0.338 e. The minimum Gasteiger partial charge on any atom is -0.452 e. The van der Waals surface area contributed by atoms with E-state index >= 15 is 0 Å². The Bertz CT molecular complexity index is 1180. The third-order valence-electron chi connectivity index (χ3n) is 5.32. The molecule has 168 valence electrons. The highest BCUT2D eigenvalue weighted by Crippen LogP contribution is 2.38. The average molecular weight is 476 g/mol. The highest BCUT2D eigenvalue weighted by molar-refractivity contribution is 7.89. The van der Waals surface area contributed by atoms with Crippen LogP contribution in [-0.2, 0) is 37.1 Å². The molecule has 0 saturated carbocycles. The normalized spacial score (nSPS) is 16.2. The van der Waals surface area contributed by atoms with Crippen LogP contribution in [0.4, 0.5) is 5.00 Å². The monoisotopic (exact) mass is 475 g/mol. The summed E-state index contributed by atoms with van der Waals surface area (Å²) in [6, 6.07) is 7.53. The first-order valence-electron chi connectivity index (χ1n) is 10.1. The molecule has 32 heavy (non-hydrogen) atoms. The maximum atomic E-state index is 12.6. The summed E-state index contributed by atoms with van der Waals surface area (Å²) in [5.41, 5.74) is 1.61. The predicted octanol–water partition coefficient (Wildman–Crippen LogP) is 1.92. The SMILES string of the molecule is N#Cc1c(NC(=O)COC(=O)c2ccc(S(=O)(=O)N3CCOCC3)cc2)sc2c1CCC2. The van der Waals surface area contributed by atoms with Crippen molar-refractivity contribution in [1.82, 2.24) is 4.31 Å². The van der Waals surface area contributed by atoms with Crippen LogP contribution < -0.4 is 5.32 Å². The molecule has 1 aromatic heterocycles. The van der Waals surface area contributed by atoms with E-state index in [4.69, 9.17) is 9.47 Å². The first kappa shape index (κ1) is 22.4. The smallest absolute Gasteiger partial charge is 0.338 e. The van der Waals surface area contributed by atoms with Crippen molar-refractivity contribution in [2.75, 3.05) is 38.2 Å². The molecule has 1 aromatic carbocycles. The van der Waals surface area contributed by atoms with Gasteiger partial charge in [-0.25, -0.2) is 13.2 Å². The molecular weight excluding hydrogens is 454 g/mol. The molecule has 4 rings (SSSR count). The topological polar surface area (TPSA) is 126 Å². The van der Waals surface area contributed by atoms with Crippen molar-refractivity contribution in [3.8, 4) is 6.07 Å². The van der Waals surface area contributed by atoms with Gasteiger partial charge in [-0.2, -0.15) is 9.57 Å². The lowest BCUT2D eigenvalue weighted by molar-refractivity contribution is -0.119. The van der Waals surface area contributed by atoms with Gasteiger partial charge in [-0.15, -0.1) is 11.3 Å². The van der Waals surface area contributed by atoms with Crippen LogP contribution >= 0.6 is 11.3 Å². The fourth-order valence-corrected chi connectivity index (χ4v) is 6.35. The lowest BCUT2D eigenvalue weighted by atomic mass is 10.1. The van der Waals surface area contributed by atoms with Crippen LogP contribution in [-0.4, -0.2) is 57.5 Å². The van der Waals surface area contributed by atoms with Crippen molar-refractivity contribution in [2.45, 2.75) is 24.2 Å². The summed E-state index contributed by atoms with van der Waals surface area (Å²) in [4.78, 5) is 25.7. The second-order valence-corrected chi connectivity index (χ2v) is 10.4. The molecule has 9 nitrogen and oxygen atoms in total. The minimum absolute atomic E-state index is 0.0727. The number of carbonyl (C=O) groups excluding carboxylic acids is 2. The van der Waals surface area contributed by atoms with Crippen molar-refractivity contribution in [2.24, 2.45) is 0 Å². The number of hydrogen-bond acceptors (Lipinski definition) is 8. The van der Waals surface area contributed by atoms with Crippen molar-refractivity contribution in [3.63, 3.8) is 0 Å². The Morgan fingerprint density at radius 2 is 1.91 bits per heavy atom. The summed E-state index contributed by atoms with van der Waals surface area (Å²) in [7, 11) is -3.66. The second kappa shape index (κ2) is 9.38. The summed E-state index contributed by atoms with van der Waals surface area (Å²) in [6.07, 6.45) is 2.74. The van der Waals surface area contributed by atoms with Gasteiger partial charge in [0.1, 0.15) is 11.1 Å². The van der Waals surface area contributed by atoms with Gasteiger partial charge in [-0.05, 0) is 49.1 Å².